The number of carboxylic acid groups (broad SMARTS) is 1. The van der Waals surface area contributed by atoms with Gasteiger partial charge in [-0.15, -0.1) is 0 Å². The van der Waals surface area contributed by atoms with Crippen molar-refractivity contribution in [1.29, 1.82) is 0 Å². The summed E-state index contributed by atoms with van der Waals surface area (Å²) < 4.78 is 0. The lowest BCUT2D eigenvalue weighted by Gasteiger charge is -2.13. The monoisotopic (exact) mass is 366 g/mol. The van der Waals surface area contributed by atoms with Crippen LogP contribution in [0.3, 0.4) is 0 Å². The summed E-state index contributed by atoms with van der Waals surface area (Å²) in [6.07, 6.45) is 3.76. The number of nitrogens with one attached hydrogen (secondary N) is 2. The molecule has 0 aromatic heterocycles. The van der Waals surface area contributed by atoms with Crippen molar-refractivity contribution in [3.8, 4) is 5.75 Å². The van der Waals surface area contributed by atoms with Crippen molar-refractivity contribution in [1.82, 2.24) is 5.32 Å². The average Bonchev–Trinajstić information content (AvgIpc) is 2.56. The van der Waals surface area contributed by atoms with E-state index in [2.05, 4.69) is 10.6 Å². The van der Waals surface area contributed by atoms with Crippen LogP contribution in [0.25, 0.3) is 0 Å². The number of thiocarbonyl (C=S) groups is 1. The Hall–Kier alpha value is -2.15. The van der Waals surface area contributed by atoms with Crippen LogP contribution < -0.4 is 10.6 Å². The molecule has 7 heteroatoms. The molecule has 4 N–H and O–H groups in total. The normalized spacial score (nSPS) is 11.6. The molecule has 0 heterocycles. The predicted octanol–water partition coefficient (Wildman–Crippen LogP) is 3.31. The number of carbonyl (C=O) groups excluding carboxylic acids is 1. The molecule has 0 aliphatic rings. The van der Waals surface area contributed by atoms with Gasteiger partial charge < -0.3 is 20.8 Å². The van der Waals surface area contributed by atoms with Gasteiger partial charge in [-0.1, -0.05) is 37.7 Å². The van der Waals surface area contributed by atoms with Crippen LogP contribution in [0.5, 0.6) is 5.75 Å². The van der Waals surface area contributed by atoms with Crippen molar-refractivity contribution in [2.24, 2.45) is 5.92 Å². The highest BCUT2D eigenvalue weighted by molar-refractivity contribution is 7.80. The van der Waals surface area contributed by atoms with E-state index in [9.17, 15) is 14.7 Å². The molecule has 1 aromatic carbocycles. The van der Waals surface area contributed by atoms with Crippen molar-refractivity contribution in [2.45, 2.75) is 45.4 Å². The van der Waals surface area contributed by atoms with E-state index < -0.39 is 5.97 Å². The summed E-state index contributed by atoms with van der Waals surface area (Å²) in [4.78, 5) is 23.2. The fourth-order valence-corrected chi connectivity index (χ4v) is 2.50. The molecule has 0 saturated heterocycles. The lowest BCUT2D eigenvalue weighted by Crippen LogP contribution is -2.23. The van der Waals surface area contributed by atoms with Gasteiger partial charge in [0.15, 0.2) is 0 Å². The van der Waals surface area contributed by atoms with Crippen molar-refractivity contribution in [3.63, 3.8) is 0 Å². The second-order valence-corrected chi connectivity index (χ2v) is 6.49. The zero-order chi connectivity index (χ0) is 18.7. The molecule has 0 fully saturated rings. The fraction of sp³-hybridized carbons (Fsp3) is 0.500. The molecule has 138 valence electrons. The number of carbonyl (C=O) groups is 2. The number of aliphatic carboxylic acids is 1. The highest BCUT2D eigenvalue weighted by Gasteiger charge is 2.14. The number of para-hydroxylation sites is 2. The summed E-state index contributed by atoms with van der Waals surface area (Å²) in [6.45, 7) is 2.58. The van der Waals surface area contributed by atoms with Gasteiger partial charge in [-0.05, 0) is 37.8 Å². The van der Waals surface area contributed by atoms with E-state index in [0.717, 1.165) is 25.8 Å². The second kappa shape index (κ2) is 11.4. The Morgan fingerprint density at radius 3 is 2.56 bits per heavy atom. The van der Waals surface area contributed by atoms with Gasteiger partial charge in [0.25, 0.3) is 0 Å². The van der Waals surface area contributed by atoms with Crippen LogP contribution in [0.1, 0.15) is 45.4 Å². The van der Waals surface area contributed by atoms with E-state index in [1.165, 1.54) is 6.07 Å². The second-order valence-electron chi connectivity index (χ2n) is 6.00. The number of aromatic hydroxyl groups is 1. The maximum Gasteiger partial charge on any atom is 0.303 e. The Labute approximate surface area is 153 Å². The maximum absolute atomic E-state index is 12.1. The molecular weight excluding hydrogens is 340 g/mol. The van der Waals surface area contributed by atoms with Crippen LogP contribution in [0.4, 0.5) is 5.69 Å². The van der Waals surface area contributed by atoms with E-state index in [0.29, 0.717) is 23.5 Å². The number of phenols is 1. The first-order valence-corrected chi connectivity index (χ1v) is 8.88. The molecule has 6 nitrogen and oxygen atoms in total. The molecule has 0 aliphatic heterocycles. The van der Waals surface area contributed by atoms with E-state index in [4.69, 9.17) is 17.3 Å². The first-order valence-electron chi connectivity index (χ1n) is 8.47. The topological polar surface area (TPSA) is 98.7 Å². The Morgan fingerprint density at radius 1 is 1.16 bits per heavy atom. The van der Waals surface area contributed by atoms with Crippen LogP contribution in [-0.2, 0) is 9.59 Å². The van der Waals surface area contributed by atoms with Crippen molar-refractivity contribution in [2.75, 3.05) is 11.9 Å². The summed E-state index contributed by atoms with van der Waals surface area (Å²) in [5.41, 5.74) is 0.424. The minimum Gasteiger partial charge on any atom is -0.506 e. The molecular formula is C18H26N2O4S. The van der Waals surface area contributed by atoms with Crippen molar-refractivity contribution >= 4 is 34.8 Å². The molecule has 1 rings (SSSR count). The number of hydrogen-bond donors (Lipinski definition) is 4. The molecule has 0 radical (unpaired) electrons. The standard InChI is InChI=1S/C18H26N2O4S/c1-13(18(24)20-14-8-2-3-9-15(14)21)7-4-5-12-19-16(25)10-6-11-17(22)23/h2-3,8-9,13,21H,4-7,10-12H2,1H3,(H,19,25)(H,20,24)(H,22,23). The molecule has 0 bridgehead atoms. The van der Waals surface area contributed by atoms with Gasteiger partial charge in [-0.3, -0.25) is 9.59 Å². The third kappa shape index (κ3) is 9.05. The van der Waals surface area contributed by atoms with Gasteiger partial charge >= 0.3 is 5.97 Å². The van der Waals surface area contributed by atoms with Crippen molar-refractivity contribution < 1.29 is 19.8 Å². The highest BCUT2D eigenvalue weighted by atomic mass is 32.1. The minimum absolute atomic E-state index is 0.0589. The number of anilines is 1. The van der Waals surface area contributed by atoms with Crippen LogP contribution in [-0.4, -0.2) is 33.6 Å². The number of benzene rings is 1. The Morgan fingerprint density at radius 2 is 1.88 bits per heavy atom. The minimum atomic E-state index is -0.807. The largest absolute Gasteiger partial charge is 0.506 e. The van der Waals surface area contributed by atoms with Crippen LogP contribution in [0, 0.1) is 5.92 Å². The van der Waals surface area contributed by atoms with E-state index in [1.807, 2.05) is 6.92 Å². The average molecular weight is 366 g/mol. The smallest absolute Gasteiger partial charge is 0.303 e. The highest BCUT2D eigenvalue weighted by Crippen LogP contribution is 2.22. The van der Waals surface area contributed by atoms with Gasteiger partial charge in [0.1, 0.15) is 5.75 Å². The fourth-order valence-electron chi connectivity index (χ4n) is 2.26. The third-order valence-electron chi connectivity index (χ3n) is 3.79. The van der Waals surface area contributed by atoms with Crippen LogP contribution in [0.15, 0.2) is 24.3 Å². The quantitative estimate of drug-likeness (QED) is 0.272. The van der Waals surface area contributed by atoms with Gasteiger partial charge in [0.05, 0.1) is 10.7 Å². The number of unbranched alkanes of at least 4 members (excludes halogenated alkanes) is 1. The zero-order valence-electron chi connectivity index (χ0n) is 14.5. The number of hydrogen-bond acceptors (Lipinski definition) is 4. The molecule has 0 saturated carbocycles. The summed E-state index contributed by atoms with van der Waals surface area (Å²) in [5.74, 6) is -1.01. The van der Waals surface area contributed by atoms with Crippen molar-refractivity contribution in [3.05, 3.63) is 24.3 Å². The van der Waals surface area contributed by atoms with Crippen LogP contribution in [0.2, 0.25) is 0 Å². The Bertz CT molecular complexity index is 592. The number of carboxylic acids is 1. The molecule has 25 heavy (non-hydrogen) atoms. The number of amides is 1. The van der Waals surface area contributed by atoms with E-state index in [-0.39, 0.29) is 24.0 Å². The summed E-state index contributed by atoms with van der Waals surface area (Å²) >= 11 is 5.14. The summed E-state index contributed by atoms with van der Waals surface area (Å²) in [7, 11) is 0. The van der Waals surface area contributed by atoms with E-state index >= 15 is 0 Å². The maximum atomic E-state index is 12.1. The van der Waals surface area contributed by atoms with Gasteiger partial charge in [0, 0.05) is 18.9 Å². The van der Waals surface area contributed by atoms with Crippen LogP contribution >= 0.6 is 12.2 Å². The molecule has 1 aromatic rings. The molecule has 1 unspecified atom stereocenters. The Balaban J connectivity index is 2.14. The Kier molecular flexibility index (Phi) is 9.54. The molecule has 0 spiro atoms. The summed E-state index contributed by atoms with van der Waals surface area (Å²) in [5, 5.41) is 24.1. The zero-order valence-corrected chi connectivity index (χ0v) is 15.3. The first kappa shape index (κ1) is 20.9. The molecule has 0 aliphatic carbocycles. The van der Waals surface area contributed by atoms with Gasteiger partial charge in [0.2, 0.25) is 5.91 Å². The number of rotatable bonds is 11. The SMILES string of the molecule is CC(CCCCNC(=S)CCCC(=O)O)C(=O)Nc1ccccc1O. The third-order valence-corrected chi connectivity index (χ3v) is 4.14. The number of phenolic OH excluding ortho intramolecular Hbond substituents is 1. The lowest BCUT2D eigenvalue weighted by atomic mass is 10.0. The lowest BCUT2D eigenvalue weighted by molar-refractivity contribution is -0.137. The predicted molar refractivity (Wildman–Crippen MR) is 102 cm³/mol. The van der Waals surface area contributed by atoms with E-state index in [1.54, 1.807) is 18.2 Å². The summed E-state index contributed by atoms with van der Waals surface area (Å²) in [6, 6.07) is 6.65. The molecule has 1 atom stereocenters. The van der Waals surface area contributed by atoms with Gasteiger partial charge in [-0.2, -0.15) is 0 Å². The first-order chi connectivity index (χ1) is 11.9. The molecule has 1 amide bonds. The van der Waals surface area contributed by atoms with Gasteiger partial charge in [-0.25, -0.2) is 0 Å².